The summed E-state index contributed by atoms with van der Waals surface area (Å²) in [6.07, 6.45) is 0. The lowest BCUT2D eigenvalue weighted by Crippen LogP contribution is -1.94. The van der Waals surface area contributed by atoms with Gasteiger partial charge in [0, 0.05) is 16.7 Å². The topological polar surface area (TPSA) is 67.2 Å². The largest absolute Gasteiger partial charge is 0.456 e. The van der Waals surface area contributed by atoms with Gasteiger partial charge in [0.2, 0.25) is 0 Å². The average Bonchev–Trinajstić information content (AvgIpc) is 2.48. The van der Waals surface area contributed by atoms with Crippen LogP contribution in [0.4, 0.5) is 0 Å². The Balaban J connectivity index is 0.00000127. The number of nitrogens with zero attached hydrogens (tertiary/aromatic N) is 1. The van der Waals surface area contributed by atoms with E-state index in [1.807, 2.05) is 19.9 Å². The molecule has 0 heterocycles. The van der Waals surface area contributed by atoms with Crippen LogP contribution in [0.3, 0.4) is 0 Å². The summed E-state index contributed by atoms with van der Waals surface area (Å²) in [4.78, 5) is -0.218. The molecule has 0 aromatic heterocycles. The van der Waals surface area contributed by atoms with Crippen LogP contribution in [0, 0.1) is 11.3 Å². The van der Waals surface area contributed by atoms with Crippen LogP contribution in [0.1, 0.15) is 19.4 Å². The third kappa shape index (κ3) is 5.02. The fraction of sp³-hybridized carbons (Fsp3) is 0.133. The van der Waals surface area contributed by atoms with E-state index in [0.29, 0.717) is 0 Å². The van der Waals surface area contributed by atoms with Gasteiger partial charge < -0.3 is 4.74 Å². The molecule has 0 bridgehead atoms. The summed E-state index contributed by atoms with van der Waals surface area (Å²) in [5, 5.41) is 9.22. The monoisotopic (exact) mass is 391 g/mol. The van der Waals surface area contributed by atoms with Gasteiger partial charge in [-0.05, 0) is 24.3 Å². The van der Waals surface area contributed by atoms with Gasteiger partial charge in [-0.3, -0.25) is 0 Å². The van der Waals surface area contributed by atoms with Crippen LogP contribution in [0.5, 0.6) is 11.5 Å². The van der Waals surface area contributed by atoms with E-state index in [1.165, 1.54) is 18.2 Å². The molecule has 0 saturated heterocycles. The molecule has 0 amide bonds. The molecular formula is C15H12Cl3NO3S. The molecule has 0 N–H and O–H groups in total. The van der Waals surface area contributed by atoms with E-state index >= 15 is 0 Å². The standard InChI is InChI=1S/C13H6Cl3NO3S.C2H6/c14-10-2-1-3-12(9(10)7-17)20-8-4-5-13(11(15)6-8)21(16,18)19;1-2/h1-6H;1-2H3. The molecular weight excluding hydrogens is 381 g/mol. The Labute approximate surface area is 149 Å². The lowest BCUT2D eigenvalue weighted by atomic mass is 10.2. The molecule has 2 aromatic rings. The average molecular weight is 393 g/mol. The minimum absolute atomic E-state index is 0.0805. The van der Waals surface area contributed by atoms with Crippen molar-refractivity contribution in [3.63, 3.8) is 0 Å². The fourth-order valence-corrected chi connectivity index (χ4v) is 3.30. The molecule has 0 spiro atoms. The molecule has 0 aliphatic rings. The zero-order chi connectivity index (χ0) is 17.6. The van der Waals surface area contributed by atoms with Crippen molar-refractivity contribution in [2.45, 2.75) is 18.7 Å². The highest BCUT2D eigenvalue weighted by atomic mass is 35.7. The van der Waals surface area contributed by atoms with Crippen LogP contribution >= 0.6 is 33.9 Å². The van der Waals surface area contributed by atoms with E-state index in [1.54, 1.807) is 18.2 Å². The van der Waals surface area contributed by atoms with Crippen molar-refractivity contribution in [3.05, 3.63) is 52.0 Å². The first kappa shape index (κ1) is 19.6. The normalized spacial score (nSPS) is 10.3. The van der Waals surface area contributed by atoms with Crippen molar-refractivity contribution in [1.29, 1.82) is 5.26 Å². The maximum absolute atomic E-state index is 11.2. The van der Waals surface area contributed by atoms with Crippen LogP contribution in [0.15, 0.2) is 41.3 Å². The van der Waals surface area contributed by atoms with Crippen molar-refractivity contribution in [2.24, 2.45) is 0 Å². The number of rotatable bonds is 3. The van der Waals surface area contributed by atoms with E-state index in [9.17, 15) is 8.42 Å². The molecule has 0 fully saturated rings. The second-order valence-corrected chi connectivity index (χ2v) is 7.21. The highest BCUT2D eigenvalue weighted by molar-refractivity contribution is 8.13. The summed E-state index contributed by atoms with van der Waals surface area (Å²) in [5.41, 5.74) is 0.171. The first-order chi connectivity index (χ1) is 10.8. The van der Waals surface area contributed by atoms with Gasteiger partial charge in [0.1, 0.15) is 28.0 Å². The van der Waals surface area contributed by atoms with Gasteiger partial charge in [-0.1, -0.05) is 43.1 Å². The SMILES string of the molecule is CC.N#Cc1c(Cl)cccc1Oc1ccc(S(=O)(=O)Cl)c(Cl)c1. The minimum Gasteiger partial charge on any atom is -0.456 e. The molecule has 0 atom stereocenters. The first-order valence-corrected chi connectivity index (χ1v) is 9.50. The van der Waals surface area contributed by atoms with Gasteiger partial charge in [0.15, 0.2) is 0 Å². The first-order valence-electron chi connectivity index (χ1n) is 6.43. The quantitative estimate of drug-likeness (QED) is 0.637. The lowest BCUT2D eigenvalue weighted by Gasteiger charge is -2.09. The molecule has 2 aromatic carbocycles. The second kappa shape index (κ2) is 8.42. The number of hydrogen-bond acceptors (Lipinski definition) is 4. The molecule has 2 rings (SSSR count). The Hall–Kier alpha value is -1.45. The Morgan fingerprint density at radius 3 is 2.26 bits per heavy atom. The second-order valence-electron chi connectivity index (χ2n) is 3.86. The van der Waals surface area contributed by atoms with Crippen LogP contribution in [0.2, 0.25) is 10.0 Å². The van der Waals surface area contributed by atoms with E-state index in [4.69, 9.17) is 43.9 Å². The highest BCUT2D eigenvalue weighted by Gasteiger charge is 2.16. The Kier molecular flexibility index (Phi) is 7.17. The summed E-state index contributed by atoms with van der Waals surface area (Å²) in [6.45, 7) is 4.00. The number of ether oxygens (including phenoxy) is 1. The fourth-order valence-electron chi connectivity index (χ4n) is 1.57. The summed E-state index contributed by atoms with van der Waals surface area (Å²) in [6, 6.07) is 10.6. The van der Waals surface area contributed by atoms with E-state index in [2.05, 4.69) is 0 Å². The van der Waals surface area contributed by atoms with Crippen molar-refractivity contribution < 1.29 is 13.2 Å². The van der Waals surface area contributed by atoms with Crippen LogP contribution in [-0.4, -0.2) is 8.42 Å². The summed E-state index contributed by atoms with van der Waals surface area (Å²) in [5.74, 6) is 0.491. The third-order valence-corrected chi connectivity index (χ3v) is 4.60. The van der Waals surface area contributed by atoms with Gasteiger partial charge in [0.05, 0.1) is 10.0 Å². The third-order valence-electron chi connectivity index (χ3n) is 2.48. The predicted octanol–water partition coefficient (Wildman–Crippen LogP) is 5.61. The van der Waals surface area contributed by atoms with Gasteiger partial charge in [-0.2, -0.15) is 5.26 Å². The van der Waals surface area contributed by atoms with E-state index in [-0.39, 0.29) is 32.0 Å². The number of benzene rings is 2. The molecule has 0 radical (unpaired) electrons. The summed E-state index contributed by atoms with van der Waals surface area (Å²) in [7, 11) is 1.30. The summed E-state index contributed by atoms with van der Waals surface area (Å²) < 4.78 is 28.0. The smallest absolute Gasteiger partial charge is 0.262 e. The molecule has 23 heavy (non-hydrogen) atoms. The molecule has 0 unspecified atom stereocenters. The molecule has 0 aliphatic heterocycles. The van der Waals surface area contributed by atoms with Crippen molar-refractivity contribution in [1.82, 2.24) is 0 Å². The van der Waals surface area contributed by atoms with Crippen LogP contribution in [-0.2, 0) is 9.05 Å². The summed E-state index contributed by atoms with van der Waals surface area (Å²) >= 11 is 11.7. The number of hydrogen-bond donors (Lipinski definition) is 0. The number of nitriles is 1. The molecule has 122 valence electrons. The minimum atomic E-state index is -3.93. The Morgan fingerprint density at radius 1 is 1.09 bits per heavy atom. The maximum atomic E-state index is 11.2. The maximum Gasteiger partial charge on any atom is 0.262 e. The molecule has 8 heteroatoms. The Morgan fingerprint density at radius 2 is 1.74 bits per heavy atom. The van der Waals surface area contributed by atoms with E-state index in [0.717, 1.165) is 0 Å². The zero-order valence-electron chi connectivity index (χ0n) is 12.2. The predicted molar refractivity (Wildman–Crippen MR) is 92.1 cm³/mol. The molecule has 4 nitrogen and oxygen atoms in total. The van der Waals surface area contributed by atoms with Gasteiger partial charge in [-0.15, -0.1) is 0 Å². The van der Waals surface area contributed by atoms with Crippen molar-refractivity contribution >= 4 is 42.9 Å². The number of halogens is 3. The van der Waals surface area contributed by atoms with Crippen molar-refractivity contribution in [2.75, 3.05) is 0 Å². The Bertz CT molecular complexity index is 846. The molecule has 0 saturated carbocycles. The highest BCUT2D eigenvalue weighted by Crippen LogP contribution is 2.33. The lowest BCUT2D eigenvalue weighted by molar-refractivity contribution is 0.480. The van der Waals surface area contributed by atoms with Gasteiger partial charge in [0.25, 0.3) is 9.05 Å². The zero-order valence-corrected chi connectivity index (χ0v) is 15.3. The van der Waals surface area contributed by atoms with Crippen LogP contribution in [0.25, 0.3) is 0 Å². The van der Waals surface area contributed by atoms with Gasteiger partial charge in [-0.25, -0.2) is 8.42 Å². The molecule has 0 aliphatic carbocycles. The van der Waals surface area contributed by atoms with Gasteiger partial charge >= 0.3 is 0 Å². The van der Waals surface area contributed by atoms with Crippen molar-refractivity contribution in [3.8, 4) is 17.6 Å². The van der Waals surface area contributed by atoms with E-state index < -0.39 is 9.05 Å². The van der Waals surface area contributed by atoms with Crippen LogP contribution < -0.4 is 4.74 Å².